The fourth-order valence-electron chi connectivity index (χ4n) is 4.76. The molecule has 4 rings (SSSR count). The van der Waals surface area contributed by atoms with Crippen molar-refractivity contribution < 1.29 is 23.8 Å². The Balaban J connectivity index is 1.42. The van der Waals surface area contributed by atoms with Crippen LogP contribution < -0.4 is 10.1 Å². The van der Waals surface area contributed by atoms with Gasteiger partial charge >= 0.3 is 6.09 Å². The maximum atomic E-state index is 11.9. The van der Waals surface area contributed by atoms with E-state index in [-0.39, 0.29) is 5.91 Å². The van der Waals surface area contributed by atoms with Crippen LogP contribution in [0.1, 0.15) is 65.6 Å². The van der Waals surface area contributed by atoms with Crippen molar-refractivity contribution in [2.45, 2.75) is 78.6 Å². The van der Waals surface area contributed by atoms with Crippen LogP contribution in [-0.4, -0.2) is 69.9 Å². The first-order valence-electron chi connectivity index (χ1n) is 14.0. The first-order valence-corrected chi connectivity index (χ1v) is 14.0. The van der Waals surface area contributed by atoms with Crippen molar-refractivity contribution in [3.8, 4) is 5.75 Å². The zero-order chi connectivity index (χ0) is 27.8. The minimum atomic E-state index is -0.512. The third-order valence-electron chi connectivity index (χ3n) is 6.55. The summed E-state index contributed by atoms with van der Waals surface area (Å²) < 4.78 is 19.2. The lowest BCUT2D eigenvalue weighted by Crippen LogP contribution is -2.33. The van der Waals surface area contributed by atoms with E-state index in [4.69, 9.17) is 19.2 Å². The van der Waals surface area contributed by atoms with Gasteiger partial charge in [-0.15, -0.1) is 0 Å². The van der Waals surface area contributed by atoms with Crippen LogP contribution >= 0.6 is 0 Å². The van der Waals surface area contributed by atoms with Crippen LogP contribution in [0.5, 0.6) is 5.75 Å². The topological polar surface area (TPSA) is 108 Å². The van der Waals surface area contributed by atoms with E-state index in [9.17, 15) is 9.59 Å². The molecule has 3 aromatic rings. The average Bonchev–Trinajstić information content (AvgIpc) is 3.46. The van der Waals surface area contributed by atoms with Crippen molar-refractivity contribution in [3.05, 3.63) is 30.2 Å². The van der Waals surface area contributed by atoms with Gasteiger partial charge in [0.1, 0.15) is 29.3 Å². The first kappa shape index (κ1) is 28.6. The predicted molar refractivity (Wildman–Crippen MR) is 150 cm³/mol. The van der Waals surface area contributed by atoms with E-state index in [1.54, 1.807) is 6.20 Å². The molecule has 0 aliphatic carbocycles. The molecule has 0 atom stereocenters. The molecule has 2 aromatic heterocycles. The van der Waals surface area contributed by atoms with Crippen LogP contribution in [-0.2, 0) is 27.4 Å². The number of hydrogen-bond acceptors (Lipinski definition) is 7. The van der Waals surface area contributed by atoms with E-state index in [0.717, 1.165) is 78.8 Å². The van der Waals surface area contributed by atoms with Crippen molar-refractivity contribution in [2.75, 3.05) is 32.8 Å². The SMILES string of the molecule is CCOCc1nc2cnc3cc(OCCCN4CCCC4=O)ccc3c2n1CCCCNC(=O)OC(C)(C)C. The standard InChI is InChI=1S/C29H41N5O5/c1-5-37-20-25-32-24-19-31-23-18-21(38-17-9-15-33-14-8-10-26(33)35)11-12-22(23)27(24)34(25)16-7-6-13-30-28(36)39-29(2,3)4/h11-12,18-19H,5-10,13-17,20H2,1-4H3,(H,30,36). The van der Waals surface area contributed by atoms with Crippen LogP contribution in [0.3, 0.4) is 0 Å². The number of amides is 2. The summed E-state index contributed by atoms with van der Waals surface area (Å²) in [7, 11) is 0. The van der Waals surface area contributed by atoms with Crippen LogP contribution in [0.15, 0.2) is 24.4 Å². The van der Waals surface area contributed by atoms with Gasteiger partial charge in [-0.2, -0.15) is 0 Å². The number of fused-ring (bicyclic) bond motifs is 3. The molecule has 0 unspecified atom stereocenters. The lowest BCUT2D eigenvalue weighted by molar-refractivity contribution is -0.127. The van der Waals surface area contributed by atoms with Crippen molar-refractivity contribution in [2.24, 2.45) is 0 Å². The zero-order valence-corrected chi connectivity index (χ0v) is 23.6. The van der Waals surface area contributed by atoms with Gasteiger partial charge in [0.2, 0.25) is 5.91 Å². The minimum Gasteiger partial charge on any atom is -0.493 e. The highest BCUT2D eigenvalue weighted by molar-refractivity contribution is 6.02. The largest absolute Gasteiger partial charge is 0.493 e. The first-order chi connectivity index (χ1) is 18.7. The summed E-state index contributed by atoms with van der Waals surface area (Å²) in [6, 6.07) is 5.96. The lowest BCUT2D eigenvalue weighted by Gasteiger charge is -2.19. The molecule has 0 spiro atoms. The van der Waals surface area contributed by atoms with Crippen LogP contribution in [0.2, 0.25) is 0 Å². The normalized spacial score (nSPS) is 13.9. The summed E-state index contributed by atoms with van der Waals surface area (Å²) >= 11 is 0. The van der Waals surface area contributed by atoms with Gasteiger partial charge in [0.25, 0.3) is 0 Å². The Labute approximate surface area is 230 Å². The Kier molecular flexibility index (Phi) is 9.61. The number of imidazole rings is 1. The summed E-state index contributed by atoms with van der Waals surface area (Å²) in [6.45, 7) is 12.0. The number of benzene rings is 1. The Morgan fingerprint density at radius 1 is 1.13 bits per heavy atom. The third kappa shape index (κ3) is 7.81. The number of aromatic nitrogens is 3. The van der Waals surface area contributed by atoms with Gasteiger partial charge in [0, 0.05) is 50.7 Å². The Bertz CT molecular complexity index is 1280. The van der Waals surface area contributed by atoms with E-state index in [1.165, 1.54) is 0 Å². The van der Waals surface area contributed by atoms with Crippen molar-refractivity contribution >= 4 is 33.9 Å². The molecule has 2 amide bonds. The van der Waals surface area contributed by atoms with E-state index < -0.39 is 11.7 Å². The molecule has 1 aliphatic rings. The number of likely N-dealkylation sites (tertiary alicyclic amines) is 1. The molecule has 0 radical (unpaired) electrons. The average molecular weight is 540 g/mol. The number of rotatable bonds is 13. The highest BCUT2D eigenvalue weighted by Crippen LogP contribution is 2.28. The molecule has 1 aromatic carbocycles. The van der Waals surface area contributed by atoms with Gasteiger partial charge in [-0.25, -0.2) is 9.78 Å². The van der Waals surface area contributed by atoms with Crippen LogP contribution in [0.25, 0.3) is 21.9 Å². The summed E-state index contributed by atoms with van der Waals surface area (Å²) in [4.78, 5) is 35.1. The number of unbranched alkanes of at least 4 members (excludes halogenated alkanes) is 1. The van der Waals surface area contributed by atoms with Gasteiger partial charge in [-0.3, -0.25) is 9.78 Å². The number of aryl methyl sites for hydroxylation is 1. The van der Waals surface area contributed by atoms with Gasteiger partial charge in [-0.05, 0) is 65.5 Å². The number of pyridine rings is 1. The van der Waals surface area contributed by atoms with E-state index in [1.807, 2.05) is 50.8 Å². The maximum Gasteiger partial charge on any atom is 0.407 e. The lowest BCUT2D eigenvalue weighted by atomic mass is 10.2. The Morgan fingerprint density at radius 3 is 2.72 bits per heavy atom. The van der Waals surface area contributed by atoms with E-state index in [2.05, 4.69) is 14.9 Å². The third-order valence-corrected chi connectivity index (χ3v) is 6.55. The summed E-state index contributed by atoms with van der Waals surface area (Å²) in [5.41, 5.74) is 2.18. The molecule has 10 heteroatoms. The van der Waals surface area contributed by atoms with Gasteiger partial charge in [-0.1, -0.05) is 0 Å². The molecule has 3 heterocycles. The van der Waals surface area contributed by atoms with Crippen LogP contribution in [0, 0.1) is 0 Å². The van der Waals surface area contributed by atoms with Crippen molar-refractivity contribution in [3.63, 3.8) is 0 Å². The molecule has 0 bridgehead atoms. The fraction of sp³-hybridized carbons (Fsp3) is 0.586. The summed E-state index contributed by atoms with van der Waals surface area (Å²) in [5, 5.41) is 3.83. The fourth-order valence-corrected chi connectivity index (χ4v) is 4.76. The van der Waals surface area contributed by atoms with Gasteiger partial charge in [0.15, 0.2) is 0 Å². The monoisotopic (exact) mass is 539 g/mol. The molecular weight excluding hydrogens is 498 g/mol. The molecule has 0 saturated carbocycles. The van der Waals surface area contributed by atoms with E-state index >= 15 is 0 Å². The predicted octanol–water partition coefficient (Wildman–Crippen LogP) is 4.82. The number of hydrogen-bond donors (Lipinski definition) is 1. The number of nitrogens with one attached hydrogen (secondary N) is 1. The number of carbonyl (C=O) groups is 2. The number of nitrogens with zero attached hydrogens (tertiary/aromatic N) is 4. The number of alkyl carbamates (subject to hydrolysis) is 1. The van der Waals surface area contributed by atoms with Crippen LogP contribution in [0.4, 0.5) is 4.79 Å². The minimum absolute atomic E-state index is 0.244. The number of ether oxygens (including phenoxy) is 3. The highest BCUT2D eigenvalue weighted by atomic mass is 16.6. The molecule has 1 fully saturated rings. The molecule has 1 saturated heterocycles. The van der Waals surface area contributed by atoms with Gasteiger partial charge in [0.05, 0.1) is 23.8 Å². The quantitative estimate of drug-likeness (QED) is 0.310. The second-order valence-electron chi connectivity index (χ2n) is 10.8. The second kappa shape index (κ2) is 13.1. The van der Waals surface area contributed by atoms with E-state index in [0.29, 0.717) is 32.8 Å². The maximum absolute atomic E-state index is 11.9. The van der Waals surface area contributed by atoms with Gasteiger partial charge < -0.3 is 29.0 Å². The Hall–Kier alpha value is -3.40. The molecule has 1 aliphatic heterocycles. The molecular formula is C29H41N5O5. The zero-order valence-electron chi connectivity index (χ0n) is 23.6. The second-order valence-corrected chi connectivity index (χ2v) is 10.8. The molecule has 1 N–H and O–H groups in total. The number of carbonyl (C=O) groups excluding carboxylic acids is 2. The molecule has 10 nitrogen and oxygen atoms in total. The van der Waals surface area contributed by atoms with Crippen molar-refractivity contribution in [1.29, 1.82) is 0 Å². The highest BCUT2D eigenvalue weighted by Gasteiger charge is 2.19. The smallest absolute Gasteiger partial charge is 0.407 e. The Morgan fingerprint density at radius 2 is 1.97 bits per heavy atom. The summed E-state index contributed by atoms with van der Waals surface area (Å²) in [5.74, 6) is 1.86. The molecule has 212 valence electrons. The molecule has 39 heavy (non-hydrogen) atoms. The summed E-state index contributed by atoms with van der Waals surface area (Å²) in [6.07, 6.45) is 5.48. The van der Waals surface area contributed by atoms with Crippen molar-refractivity contribution in [1.82, 2.24) is 24.8 Å².